The smallest absolute Gasteiger partial charge is 0.162 e. The number of rotatable bonds is 7. The first kappa shape index (κ1) is 14.6. The van der Waals surface area contributed by atoms with E-state index in [1.54, 1.807) is 24.4 Å². The number of methoxy groups -OCH3 is 1. The molecular formula is C13H17BrN4O2. The predicted octanol–water partition coefficient (Wildman–Crippen LogP) is 2.58. The van der Waals surface area contributed by atoms with Crippen LogP contribution in [0.4, 0.5) is 0 Å². The third kappa shape index (κ3) is 3.63. The van der Waals surface area contributed by atoms with Crippen LogP contribution in [-0.2, 0) is 6.54 Å². The fraction of sp³-hybridized carbons (Fsp3) is 0.385. The number of halogens is 1. The number of nitrogens with zero attached hydrogens (tertiary/aromatic N) is 3. The highest BCUT2D eigenvalue weighted by atomic mass is 79.9. The Hall–Kier alpha value is -1.76. The Morgan fingerprint density at radius 2 is 2.00 bits per heavy atom. The van der Waals surface area contributed by atoms with Gasteiger partial charge in [-0.2, -0.15) is 0 Å². The van der Waals surface area contributed by atoms with E-state index in [2.05, 4.69) is 38.5 Å². The van der Waals surface area contributed by atoms with Crippen LogP contribution >= 0.6 is 15.9 Å². The highest BCUT2D eigenvalue weighted by molar-refractivity contribution is 9.10. The molecule has 1 heterocycles. The summed E-state index contributed by atoms with van der Waals surface area (Å²) in [6, 6.07) is 3.88. The minimum atomic E-state index is 0.614. The lowest BCUT2D eigenvalue weighted by atomic mass is 10.2. The summed E-state index contributed by atoms with van der Waals surface area (Å²) in [6.07, 6.45) is 4.16. The topological polar surface area (TPSA) is 61.2 Å². The van der Waals surface area contributed by atoms with Crippen molar-refractivity contribution in [3.63, 3.8) is 0 Å². The monoisotopic (exact) mass is 340 g/mol. The van der Waals surface area contributed by atoms with Crippen LogP contribution in [-0.4, -0.2) is 28.6 Å². The van der Waals surface area contributed by atoms with Crippen molar-refractivity contribution in [2.75, 3.05) is 19.1 Å². The van der Waals surface area contributed by atoms with Crippen molar-refractivity contribution in [2.45, 2.75) is 19.9 Å². The zero-order valence-electron chi connectivity index (χ0n) is 11.5. The number of ether oxygens (including phenoxy) is 2. The Bertz CT molecular complexity index is 546. The van der Waals surface area contributed by atoms with Crippen LogP contribution in [0, 0.1) is 0 Å². The normalized spacial score (nSPS) is 10.3. The zero-order chi connectivity index (χ0) is 14.4. The highest BCUT2D eigenvalue weighted by Crippen LogP contribution is 2.33. The van der Waals surface area contributed by atoms with Crippen LogP contribution in [0.3, 0.4) is 0 Å². The molecule has 0 aliphatic carbocycles. The lowest BCUT2D eigenvalue weighted by Gasteiger charge is -2.14. The Kier molecular flexibility index (Phi) is 5.23. The van der Waals surface area contributed by atoms with Gasteiger partial charge in [0.15, 0.2) is 11.5 Å². The van der Waals surface area contributed by atoms with Gasteiger partial charge in [-0.15, -0.1) is 10.2 Å². The van der Waals surface area contributed by atoms with E-state index in [1.165, 1.54) is 0 Å². The summed E-state index contributed by atoms with van der Waals surface area (Å²) in [5.74, 6) is 1.47. The fourth-order valence-corrected chi connectivity index (χ4v) is 2.12. The van der Waals surface area contributed by atoms with Crippen LogP contribution in [0.25, 0.3) is 0 Å². The fourth-order valence-electron chi connectivity index (χ4n) is 1.66. The molecular weight excluding hydrogens is 324 g/mol. The van der Waals surface area contributed by atoms with Gasteiger partial charge in [-0.05, 0) is 24.1 Å². The van der Waals surface area contributed by atoms with E-state index < -0.39 is 0 Å². The van der Waals surface area contributed by atoms with Crippen molar-refractivity contribution >= 4 is 15.9 Å². The summed E-state index contributed by atoms with van der Waals surface area (Å²) < 4.78 is 13.7. The van der Waals surface area contributed by atoms with Crippen molar-refractivity contribution in [2.24, 2.45) is 0 Å². The number of aromatic nitrogens is 3. The number of hydrogen-bond donors (Lipinski definition) is 1. The van der Waals surface area contributed by atoms with Gasteiger partial charge < -0.3 is 14.9 Å². The summed E-state index contributed by atoms with van der Waals surface area (Å²) in [4.78, 5) is 0. The van der Waals surface area contributed by atoms with Gasteiger partial charge in [-0.3, -0.25) is 0 Å². The minimum Gasteiger partial charge on any atom is -0.493 e. The van der Waals surface area contributed by atoms with Crippen LogP contribution in [0.15, 0.2) is 29.3 Å². The predicted molar refractivity (Wildman–Crippen MR) is 79.6 cm³/mol. The van der Waals surface area contributed by atoms with E-state index in [0.717, 1.165) is 28.0 Å². The number of benzene rings is 1. The molecule has 2 aromatic rings. The third-order valence-corrected chi connectivity index (χ3v) is 3.40. The van der Waals surface area contributed by atoms with Gasteiger partial charge in [0.1, 0.15) is 12.7 Å². The van der Waals surface area contributed by atoms with Gasteiger partial charge in [0.2, 0.25) is 0 Å². The molecule has 0 amide bonds. The van der Waals surface area contributed by atoms with Crippen LogP contribution < -0.4 is 14.9 Å². The summed E-state index contributed by atoms with van der Waals surface area (Å²) in [5.41, 5.74) is 4.22. The van der Waals surface area contributed by atoms with Crippen molar-refractivity contribution < 1.29 is 9.47 Å². The first-order valence-electron chi connectivity index (χ1n) is 6.32. The summed E-state index contributed by atoms with van der Waals surface area (Å²) in [6.45, 7) is 3.35. The maximum absolute atomic E-state index is 5.66. The van der Waals surface area contributed by atoms with Crippen LogP contribution in [0.2, 0.25) is 0 Å². The Morgan fingerprint density at radius 3 is 2.65 bits per heavy atom. The molecule has 108 valence electrons. The van der Waals surface area contributed by atoms with Gasteiger partial charge in [0.05, 0.1) is 20.3 Å². The average Bonchev–Trinajstić information content (AvgIpc) is 2.97. The zero-order valence-corrected chi connectivity index (χ0v) is 13.1. The molecule has 20 heavy (non-hydrogen) atoms. The summed E-state index contributed by atoms with van der Waals surface area (Å²) in [7, 11) is 1.64. The molecule has 2 rings (SSSR count). The van der Waals surface area contributed by atoms with E-state index in [-0.39, 0.29) is 0 Å². The highest BCUT2D eigenvalue weighted by Gasteiger charge is 2.10. The number of nitrogens with one attached hydrogen (secondary N) is 1. The molecule has 0 saturated heterocycles. The molecule has 0 radical (unpaired) electrons. The van der Waals surface area contributed by atoms with Gasteiger partial charge in [-0.1, -0.05) is 22.9 Å². The molecule has 1 N–H and O–H groups in total. The van der Waals surface area contributed by atoms with Crippen LogP contribution in [0.5, 0.6) is 11.5 Å². The molecule has 7 heteroatoms. The van der Waals surface area contributed by atoms with Gasteiger partial charge in [0, 0.05) is 4.47 Å². The molecule has 0 atom stereocenters. The van der Waals surface area contributed by atoms with E-state index in [1.807, 2.05) is 12.1 Å². The van der Waals surface area contributed by atoms with E-state index in [9.17, 15) is 0 Å². The second kappa shape index (κ2) is 7.14. The lowest BCUT2D eigenvalue weighted by Crippen LogP contribution is -2.12. The van der Waals surface area contributed by atoms with E-state index in [4.69, 9.17) is 9.47 Å². The van der Waals surface area contributed by atoms with Crippen molar-refractivity contribution in [1.29, 1.82) is 0 Å². The maximum atomic E-state index is 5.66. The molecule has 6 nitrogen and oxygen atoms in total. The molecule has 0 fully saturated rings. The minimum absolute atomic E-state index is 0.614. The molecule has 0 aliphatic rings. The third-order valence-electron chi connectivity index (χ3n) is 2.67. The lowest BCUT2D eigenvalue weighted by molar-refractivity contribution is 0.294. The first-order chi connectivity index (χ1) is 9.74. The summed E-state index contributed by atoms with van der Waals surface area (Å²) >= 11 is 3.55. The first-order valence-corrected chi connectivity index (χ1v) is 7.11. The Labute approximate surface area is 126 Å². The molecule has 1 aromatic heterocycles. The average molecular weight is 341 g/mol. The Morgan fingerprint density at radius 1 is 1.25 bits per heavy atom. The molecule has 0 aliphatic heterocycles. The standard InChI is InChI=1S/C13H17BrN4O2/c1-3-4-20-13-6-11(14)10(5-12(13)19-2)7-17-18-8-15-16-9-18/h5-6,8-9,17H,3-4,7H2,1-2H3. The van der Waals surface area contributed by atoms with Gasteiger partial charge in [-0.25, -0.2) is 4.68 Å². The maximum Gasteiger partial charge on any atom is 0.162 e. The van der Waals surface area contributed by atoms with Crippen molar-refractivity contribution in [3.05, 3.63) is 34.8 Å². The summed E-state index contributed by atoms with van der Waals surface area (Å²) in [5, 5.41) is 7.47. The van der Waals surface area contributed by atoms with Crippen molar-refractivity contribution in [3.8, 4) is 11.5 Å². The molecule has 0 unspecified atom stereocenters. The second-order valence-corrected chi connectivity index (χ2v) is 5.00. The molecule has 1 aromatic carbocycles. The molecule has 0 bridgehead atoms. The SMILES string of the molecule is CCCOc1cc(Br)c(CNn2cnnc2)cc1OC. The quantitative estimate of drug-likeness (QED) is 0.839. The Balaban J connectivity index is 2.12. The molecule has 0 spiro atoms. The van der Waals surface area contributed by atoms with E-state index in [0.29, 0.717) is 13.2 Å². The number of hydrogen-bond acceptors (Lipinski definition) is 5. The molecule has 0 saturated carbocycles. The van der Waals surface area contributed by atoms with Crippen LogP contribution in [0.1, 0.15) is 18.9 Å². The van der Waals surface area contributed by atoms with Crippen molar-refractivity contribution in [1.82, 2.24) is 14.9 Å². The van der Waals surface area contributed by atoms with E-state index >= 15 is 0 Å². The van der Waals surface area contributed by atoms with Gasteiger partial charge in [0.25, 0.3) is 0 Å². The largest absolute Gasteiger partial charge is 0.493 e. The second-order valence-electron chi connectivity index (χ2n) is 4.15. The van der Waals surface area contributed by atoms with Gasteiger partial charge >= 0.3 is 0 Å².